The third kappa shape index (κ3) is 5.71. The Bertz CT molecular complexity index is 1420. The van der Waals surface area contributed by atoms with Gasteiger partial charge in [0.25, 0.3) is 5.91 Å². The molecule has 5 rings (SSSR count). The van der Waals surface area contributed by atoms with E-state index in [1.54, 1.807) is 12.1 Å². The van der Waals surface area contributed by atoms with Crippen LogP contribution in [0.4, 0.5) is 18.9 Å². The molecule has 3 aromatic rings. The molecule has 1 saturated heterocycles. The third-order valence-electron chi connectivity index (χ3n) is 7.80. The SMILES string of the molecule is COC1C(C(=O)N(c2cc(C)cc(Br)c2)C2CCCC2O)OC(CO)C(O)C1n1cc(-c2cc(F)c(F)c(F)c2)nn1. The number of anilines is 1. The Morgan fingerprint density at radius 1 is 1.17 bits per heavy atom. The number of hydrogen-bond donors (Lipinski definition) is 3. The molecule has 0 spiro atoms. The Labute approximate surface area is 247 Å². The first kappa shape index (κ1) is 30.6. The number of aliphatic hydroxyl groups excluding tert-OH is 3. The molecular weight excluding hydrogens is 625 g/mol. The van der Waals surface area contributed by atoms with E-state index in [9.17, 15) is 33.3 Å². The van der Waals surface area contributed by atoms with Crippen LogP contribution in [0.2, 0.25) is 0 Å². The fourth-order valence-electron chi connectivity index (χ4n) is 5.81. The van der Waals surface area contributed by atoms with Gasteiger partial charge in [0, 0.05) is 22.8 Å². The van der Waals surface area contributed by atoms with Gasteiger partial charge in [-0.25, -0.2) is 17.9 Å². The Morgan fingerprint density at radius 3 is 2.48 bits per heavy atom. The van der Waals surface area contributed by atoms with Gasteiger partial charge in [0.1, 0.15) is 30.0 Å². The van der Waals surface area contributed by atoms with E-state index in [0.717, 1.165) is 26.9 Å². The van der Waals surface area contributed by atoms with Crippen LogP contribution >= 0.6 is 15.9 Å². The number of nitrogens with zero attached hydrogens (tertiary/aromatic N) is 4. The number of carbonyl (C=O) groups excluding carboxylic acids is 1. The molecule has 3 N–H and O–H groups in total. The smallest absolute Gasteiger partial charge is 0.259 e. The zero-order chi connectivity index (χ0) is 30.3. The zero-order valence-corrected chi connectivity index (χ0v) is 24.3. The molecule has 226 valence electrons. The van der Waals surface area contributed by atoms with Gasteiger partial charge in [-0.05, 0) is 62.1 Å². The van der Waals surface area contributed by atoms with Crippen LogP contribution in [0.3, 0.4) is 0 Å². The number of carbonyl (C=O) groups is 1. The molecule has 14 heteroatoms. The number of aromatic nitrogens is 3. The van der Waals surface area contributed by atoms with Crippen molar-refractivity contribution in [3.05, 3.63) is 64.0 Å². The minimum Gasteiger partial charge on any atom is -0.394 e. The molecule has 0 bridgehead atoms. The summed E-state index contributed by atoms with van der Waals surface area (Å²) >= 11 is 3.47. The lowest BCUT2D eigenvalue weighted by atomic mass is 9.91. The van der Waals surface area contributed by atoms with Gasteiger partial charge in [-0.15, -0.1) is 5.10 Å². The number of hydrogen-bond acceptors (Lipinski definition) is 8. The molecule has 2 aromatic carbocycles. The van der Waals surface area contributed by atoms with E-state index < -0.39 is 72.6 Å². The minimum absolute atomic E-state index is 0.0370. The molecule has 42 heavy (non-hydrogen) atoms. The van der Waals surface area contributed by atoms with Gasteiger partial charge in [0.2, 0.25) is 0 Å². The number of aryl methyl sites for hydroxylation is 1. The van der Waals surface area contributed by atoms with Crippen molar-refractivity contribution in [3.63, 3.8) is 0 Å². The van der Waals surface area contributed by atoms with E-state index in [4.69, 9.17) is 9.47 Å². The molecule has 2 heterocycles. The Balaban J connectivity index is 1.54. The Hall–Kier alpha value is -2.88. The van der Waals surface area contributed by atoms with E-state index in [2.05, 4.69) is 26.2 Å². The van der Waals surface area contributed by atoms with Crippen LogP contribution in [0.5, 0.6) is 0 Å². The second-order valence-corrected chi connectivity index (χ2v) is 11.5. The van der Waals surface area contributed by atoms with Crippen molar-refractivity contribution in [2.45, 2.75) is 68.8 Å². The van der Waals surface area contributed by atoms with Gasteiger partial charge in [0.15, 0.2) is 23.6 Å². The normalized spacial score (nSPS) is 27.8. The first-order chi connectivity index (χ1) is 20.0. The molecule has 2 fully saturated rings. The lowest BCUT2D eigenvalue weighted by Gasteiger charge is -2.45. The molecule has 10 nitrogen and oxygen atoms in total. The zero-order valence-electron chi connectivity index (χ0n) is 22.7. The molecule has 1 amide bonds. The van der Waals surface area contributed by atoms with Crippen molar-refractivity contribution in [2.24, 2.45) is 0 Å². The quantitative estimate of drug-likeness (QED) is 0.332. The maximum absolute atomic E-state index is 14.4. The fourth-order valence-corrected chi connectivity index (χ4v) is 6.41. The summed E-state index contributed by atoms with van der Waals surface area (Å²) in [5.41, 5.74) is 1.24. The lowest BCUT2D eigenvalue weighted by molar-refractivity contribution is -0.211. The number of ether oxygens (including phenoxy) is 2. The molecule has 7 unspecified atom stereocenters. The third-order valence-corrected chi connectivity index (χ3v) is 8.25. The number of amides is 1. The van der Waals surface area contributed by atoms with Gasteiger partial charge < -0.3 is 29.7 Å². The summed E-state index contributed by atoms with van der Waals surface area (Å²) < 4.78 is 54.8. The van der Waals surface area contributed by atoms with E-state index in [1.807, 2.05) is 13.0 Å². The van der Waals surface area contributed by atoms with Crippen molar-refractivity contribution in [1.29, 1.82) is 0 Å². The fraction of sp³-hybridized carbons (Fsp3) is 0.464. The van der Waals surface area contributed by atoms with E-state index in [-0.39, 0.29) is 11.3 Å². The van der Waals surface area contributed by atoms with Crippen molar-refractivity contribution >= 4 is 27.5 Å². The largest absolute Gasteiger partial charge is 0.394 e. The summed E-state index contributed by atoms with van der Waals surface area (Å²) in [4.78, 5) is 15.8. The molecule has 7 atom stereocenters. The standard InChI is InChI=1S/C28H30BrF3N4O6/c1-13-6-15(29)10-16(7-13)36(20-4-3-5-21(20)38)28(40)27-26(41-2)24(25(39)22(12-37)42-27)35-11-19(33-34-35)14-8-17(30)23(32)18(31)9-14/h6-11,20-22,24-27,37-39H,3-5,12H2,1-2H3. The van der Waals surface area contributed by atoms with Crippen LogP contribution in [-0.4, -0.2) is 86.5 Å². The number of rotatable bonds is 7. The first-order valence-corrected chi connectivity index (χ1v) is 14.2. The van der Waals surface area contributed by atoms with Gasteiger partial charge in [-0.3, -0.25) is 4.79 Å². The second-order valence-electron chi connectivity index (χ2n) is 10.6. The Morgan fingerprint density at radius 2 is 1.88 bits per heavy atom. The lowest BCUT2D eigenvalue weighted by Crippen LogP contribution is -2.62. The van der Waals surface area contributed by atoms with Crippen molar-refractivity contribution < 1.29 is 42.8 Å². The highest BCUT2D eigenvalue weighted by Gasteiger charge is 2.52. The monoisotopic (exact) mass is 654 g/mol. The number of aliphatic hydroxyl groups is 3. The topological polar surface area (TPSA) is 130 Å². The van der Waals surface area contributed by atoms with Gasteiger partial charge >= 0.3 is 0 Å². The van der Waals surface area contributed by atoms with Crippen LogP contribution in [0.25, 0.3) is 11.3 Å². The number of halogens is 4. The van der Waals surface area contributed by atoms with Gasteiger partial charge in [-0.1, -0.05) is 21.1 Å². The molecule has 1 aliphatic carbocycles. The van der Waals surface area contributed by atoms with Crippen LogP contribution in [0, 0.1) is 24.4 Å². The number of benzene rings is 2. The molecule has 1 aliphatic heterocycles. The average Bonchev–Trinajstić information content (AvgIpc) is 3.60. The molecule has 2 aliphatic rings. The summed E-state index contributed by atoms with van der Waals surface area (Å²) in [7, 11) is 1.31. The summed E-state index contributed by atoms with van der Waals surface area (Å²) in [6, 6.07) is 5.24. The predicted octanol–water partition coefficient (Wildman–Crippen LogP) is 3.06. The summed E-state index contributed by atoms with van der Waals surface area (Å²) in [5.74, 6) is -5.02. The summed E-state index contributed by atoms with van der Waals surface area (Å²) in [5, 5.41) is 40.0. The summed E-state index contributed by atoms with van der Waals surface area (Å²) in [6.45, 7) is 1.21. The van der Waals surface area contributed by atoms with Crippen molar-refractivity contribution in [2.75, 3.05) is 18.6 Å². The van der Waals surface area contributed by atoms with E-state index >= 15 is 0 Å². The highest BCUT2D eigenvalue weighted by Crippen LogP contribution is 2.37. The number of methoxy groups -OCH3 is 1. The maximum Gasteiger partial charge on any atom is 0.259 e. The second kappa shape index (κ2) is 12.4. The van der Waals surface area contributed by atoms with Gasteiger partial charge in [0.05, 0.1) is 24.9 Å². The van der Waals surface area contributed by atoms with Crippen LogP contribution < -0.4 is 4.90 Å². The molecular formula is C28H30BrF3N4O6. The van der Waals surface area contributed by atoms with Crippen LogP contribution in [0.1, 0.15) is 30.9 Å². The minimum atomic E-state index is -1.63. The van der Waals surface area contributed by atoms with Crippen molar-refractivity contribution in [3.8, 4) is 11.3 Å². The highest BCUT2D eigenvalue weighted by molar-refractivity contribution is 9.10. The molecule has 0 radical (unpaired) electrons. The van der Waals surface area contributed by atoms with Crippen molar-refractivity contribution in [1.82, 2.24) is 15.0 Å². The van der Waals surface area contributed by atoms with E-state index in [0.29, 0.717) is 24.9 Å². The predicted molar refractivity (Wildman–Crippen MR) is 147 cm³/mol. The summed E-state index contributed by atoms with van der Waals surface area (Å²) in [6.07, 6.45) is -3.02. The maximum atomic E-state index is 14.4. The Kier molecular flexibility index (Phi) is 9.02. The highest BCUT2D eigenvalue weighted by atomic mass is 79.9. The van der Waals surface area contributed by atoms with Crippen LogP contribution in [-0.2, 0) is 14.3 Å². The molecule has 1 aromatic heterocycles. The molecule has 1 saturated carbocycles. The van der Waals surface area contributed by atoms with Crippen LogP contribution in [0.15, 0.2) is 41.0 Å². The average molecular weight is 655 g/mol. The van der Waals surface area contributed by atoms with E-state index in [1.165, 1.54) is 18.2 Å². The first-order valence-electron chi connectivity index (χ1n) is 13.4. The van der Waals surface area contributed by atoms with Gasteiger partial charge in [-0.2, -0.15) is 0 Å².